The molecule has 1 fully saturated rings. The first-order valence-electron chi connectivity index (χ1n) is 5.11. The topological polar surface area (TPSA) is 23.6 Å². The van der Waals surface area contributed by atoms with Crippen molar-refractivity contribution in [2.75, 3.05) is 27.2 Å². The van der Waals surface area contributed by atoms with E-state index in [0.29, 0.717) is 0 Å². The van der Waals surface area contributed by atoms with Crippen LogP contribution in [0.4, 0.5) is 4.79 Å². The number of carbonyl (C=O) groups is 1. The van der Waals surface area contributed by atoms with Gasteiger partial charge in [0.15, 0.2) is 0 Å². The predicted molar refractivity (Wildman–Crippen MR) is 53.7 cm³/mol. The van der Waals surface area contributed by atoms with Gasteiger partial charge in [-0.05, 0) is 25.7 Å². The van der Waals surface area contributed by atoms with E-state index in [1.54, 1.807) is 4.90 Å². The third-order valence-electron chi connectivity index (χ3n) is 2.88. The Bertz CT molecular complexity index is 178. The molecule has 0 spiro atoms. The average molecular weight is 184 g/mol. The van der Waals surface area contributed by atoms with Crippen molar-refractivity contribution in [3.63, 3.8) is 0 Å². The molecule has 2 amide bonds. The summed E-state index contributed by atoms with van der Waals surface area (Å²) in [5.41, 5.74) is 0. The van der Waals surface area contributed by atoms with Gasteiger partial charge in [0.2, 0.25) is 0 Å². The van der Waals surface area contributed by atoms with Gasteiger partial charge in [0.1, 0.15) is 0 Å². The van der Waals surface area contributed by atoms with Crippen LogP contribution >= 0.6 is 0 Å². The van der Waals surface area contributed by atoms with E-state index in [9.17, 15) is 4.79 Å². The normalized spacial score (nSPS) is 16.5. The Labute approximate surface area is 80.7 Å². The van der Waals surface area contributed by atoms with Gasteiger partial charge in [0.05, 0.1) is 0 Å². The lowest BCUT2D eigenvalue weighted by atomic mass is 9.85. The van der Waals surface area contributed by atoms with Crippen LogP contribution in [0.1, 0.15) is 26.2 Å². The molecule has 0 saturated heterocycles. The van der Waals surface area contributed by atoms with Crippen LogP contribution in [0.5, 0.6) is 0 Å². The van der Waals surface area contributed by atoms with E-state index in [1.807, 2.05) is 25.9 Å². The highest BCUT2D eigenvalue weighted by atomic mass is 16.2. The van der Waals surface area contributed by atoms with E-state index in [2.05, 4.69) is 0 Å². The van der Waals surface area contributed by atoms with Crippen LogP contribution in [0, 0.1) is 5.92 Å². The Balaban J connectivity index is 2.28. The first kappa shape index (κ1) is 10.4. The van der Waals surface area contributed by atoms with Gasteiger partial charge in [-0.3, -0.25) is 0 Å². The molecule has 0 N–H and O–H groups in total. The summed E-state index contributed by atoms with van der Waals surface area (Å²) < 4.78 is 0. The fraction of sp³-hybridized carbons (Fsp3) is 0.900. The molecule has 1 saturated carbocycles. The maximum Gasteiger partial charge on any atom is 0.319 e. The minimum Gasteiger partial charge on any atom is -0.328 e. The van der Waals surface area contributed by atoms with E-state index in [-0.39, 0.29) is 6.03 Å². The molecule has 1 aliphatic rings. The van der Waals surface area contributed by atoms with Crippen molar-refractivity contribution in [3.05, 3.63) is 0 Å². The summed E-state index contributed by atoms with van der Waals surface area (Å²) in [4.78, 5) is 15.2. The van der Waals surface area contributed by atoms with Gasteiger partial charge >= 0.3 is 6.03 Å². The molecule has 13 heavy (non-hydrogen) atoms. The summed E-state index contributed by atoms with van der Waals surface area (Å²) in [6, 6.07) is 0.148. The quantitative estimate of drug-likeness (QED) is 0.656. The highest BCUT2D eigenvalue weighted by Crippen LogP contribution is 2.26. The molecular weight excluding hydrogens is 164 g/mol. The van der Waals surface area contributed by atoms with Crippen LogP contribution in [0.25, 0.3) is 0 Å². The van der Waals surface area contributed by atoms with Gasteiger partial charge in [0, 0.05) is 27.2 Å². The smallest absolute Gasteiger partial charge is 0.319 e. The van der Waals surface area contributed by atoms with Crippen LogP contribution in [0.15, 0.2) is 0 Å². The van der Waals surface area contributed by atoms with Crippen molar-refractivity contribution in [2.45, 2.75) is 26.2 Å². The minimum atomic E-state index is 0.148. The second kappa shape index (κ2) is 4.49. The zero-order chi connectivity index (χ0) is 9.84. The summed E-state index contributed by atoms with van der Waals surface area (Å²) in [6.45, 7) is 3.71. The van der Waals surface area contributed by atoms with Crippen LogP contribution in [0.2, 0.25) is 0 Å². The Kier molecular flexibility index (Phi) is 3.58. The molecule has 0 aromatic carbocycles. The monoisotopic (exact) mass is 184 g/mol. The number of nitrogens with zero attached hydrogens (tertiary/aromatic N) is 2. The Morgan fingerprint density at radius 3 is 2.31 bits per heavy atom. The molecule has 0 aromatic heterocycles. The maximum absolute atomic E-state index is 11.6. The maximum atomic E-state index is 11.6. The Hall–Kier alpha value is -0.730. The third-order valence-corrected chi connectivity index (χ3v) is 2.88. The highest BCUT2D eigenvalue weighted by molar-refractivity contribution is 5.73. The van der Waals surface area contributed by atoms with Crippen molar-refractivity contribution in [1.29, 1.82) is 0 Å². The van der Waals surface area contributed by atoms with Crippen molar-refractivity contribution in [3.8, 4) is 0 Å². The van der Waals surface area contributed by atoms with E-state index >= 15 is 0 Å². The fourth-order valence-electron chi connectivity index (χ4n) is 1.57. The van der Waals surface area contributed by atoms with Crippen molar-refractivity contribution < 1.29 is 4.79 Å². The van der Waals surface area contributed by atoms with Gasteiger partial charge in [0.25, 0.3) is 0 Å². The first-order chi connectivity index (χ1) is 6.15. The molecule has 3 heteroatoms. The molecule has 0 bridgehead atoms. The van der Waals surface area contributed by atoms with Crippen molar-refractivity contribution in [2.24, 2.45) is 5.92 Å². The fourth-order valence-corrected chi connectivity index (χ4v) is 1.57. The lowest BCUT2D eigenvalue weighted by Crippen LogP contribution is -2.41. The second-order valence-electron chi connectivity index (χ2n) is 3.97. The van der Waals surface area contributed by atoms with Gasteiger partial charge < -0.3 is 9.80 Å². The molecule has 1 aliphatic carbocycles. The van der Waals surface area contributed by atoms with Crippen LogP contribution in [-0.2, 0) is 0 Å². The molecule has 0 aliphatic heterocycles. The van der Waals surface area contributed by atoms with Crippen molar-refractivity contribution in [1.82, 2.24) is 9.80 Å². The summed E-state index contributed by atoms with van der Waals surface area (Å²) in [7, 11) is 3.74. The number of urea groups is 1. The van der Waals surface area contributed by atoms with E-state index in [4.69, 9.17) is 0 Å². The molecule has 0 aromatic rings. The number of carbonyl (C=O) groups excluding carboxylic acids is 1. The predicted octanol–water partition coefficient (Wildman–Crippen LogP) is 1.79. The molecular formula is C10H20N2O. The standard InChI is InChI=1S/C10H20N2O/c1-4-11(2)10(13)12(3)8-9-6-5-7-9/h9H,4-8H2,1-3H3. The van der Waals surface area contributed by atoms with Gasteiger partial charge in [-0.2, -0.15) is 0 Å². The van der Waals surface area contributed by atoms with E-state index in [0.717, 1.165) is 19.0 Å². The lowest BCUT2D eigenvalue weighted by Gasteiger charge is -2.32. The molecule has 76 valence electrons. The third kappa shape index (κ3) is 2.61. The number of hydrogen-bond donors (Lipinski definition) is 0. The number of amides is 2. The number of hydrogen-bond acceptors (Lipinski definition) is 1. The second-order valence-corrected chi connectivity index (χ2v) is 3.97. The zero-order valence-corrected chi connectivity index (χ0v) is 8.92. The van der Waals surface area contributed by atoms with Gasteiger partial charge in [-0.1, -0.05) is 6.42 Å². The van der Waals surface area contributed by atoms with E-state index < -0.39 is 0 Å². The average Bonchev–Trinajstić information content (AvgIpc) is 2.08. The Morgan fingerprint density at radius 1 is 1.31 bits per heavy atom. The van der Waals surface area contributed by atoms with Crippen LogP contribution in [0.3, 0.4) is 0 Å². The van der Waals surface area contributed by atoms with Crippen LogP contribution in [-0.4, -0.2) is 43.0 Å². The largest absolute Gasteiger partial charge is 0.328 e. The van der Waals surface area contributed by atoms with Crippen LogP contribution < -0.4 is 0 Å². The summed E-state index contributed by atoms with van der Waals surface area (Å²) in [5, 5.41) is 0. The molecule has 3 nitrogen and oxygen atoms in total. The van der Waals surface area contributed by atoms with Gasteiger partial charge in [-0.15, -0.1) is 0 Å². The molecule has 0 radical (unpaired) electrons. The summed E-state index contributed by atoms with van der Waals surface area (Å²) in [6.07, 6.45) is 3.94. The minimum absolute atomic E-state index is 0.148. The summed E-state index contributed by atoms with van der Waals surface area (Å²) >= 11 is 0. The first-order valence-corrected chi connectivity index (χ1v) is 5.11. The Morgan fingerprint density at radius 2 is 1.92 bits per heavy atom. The molecule has 0 heterocycles. The van der Waals surface area contributed by atoms with Crippen molar-refractivity contribution >= 4 is 6.03 Å². The van der Waals surface area contributed by atoms with E-state index in [1.165, 1.54) is 19.3 Å². The summed E-state index contributed by atoms with van der Waals surface area (Å²) in [5.74, 6) is 0.763. The number of rotatable bonds is 3. The molecule has 1 rings (SSSR count). The van der Waals surface area contributed by atoms with Gasteiger partial charge in [-0.25, -0.2) is 4.79 Å². The zero-order valence-electron chi connectivity index (χ0n) is 8.92. The molecule has 0 unspecified atom stereocenters. The highest BCUT2D eigenvalue weighted by Gasteiger charge is 2.22. The molecule has 0 atom stereocenters. The lowest BCUT2D eigenvalue weighted by molar-refractivity contribution is 0.155. The SMILES string of the molecule is CCN(C)C(=O)N(C)CC1CCC1.